The van der Waals surface area contributed by atoms with Crippen LogP contribution in [0.5, 0.6) is 0 Å². The third kappa shape index (κ3) is 5.66. The van der Waals surface area contributed by atoms with Crippen molar-refractivity contribution in [2.75, 3.05) is 23.7 Å². The minimum Gasteiger partial charge on any atom is -0.375 e. The van der Waals surface area contributed by atoms with Gasteiger partial charge in [0.1, 0.15) is 0 Å². The van der Waals surface area contributed by atoms with Gasteiger partial charge in [-0.1, -0.05) is 35.3 Å². The molecule has 0 bridgehead atoms. The molecule has 0 saturated heterocycles. The zero-order valence-corrected chi connectivity index (χ0v) is 15.5. The van der Waals surface area contributed by atoms with Crippen LogP contribution in [0.15, 0.2) is 36.4 Å². The minimum atomic E-state index is -0.327. The fourth-order valence-electron chi connectivity index (χ4n) is 2.12. The summed E-state index contributed by atoms with van der Waals surface area (Å²) >= 11 is 12.1. The Bertz CT molecular complexity index is 794. The molecule has 0 atom stereocenters. The number of anilines is 2. The molecule has 0 radical (unpaired) electrons. The molecule has 3 N–H and O–H groups in total. The molecule has 25 heavy (non-hydrogen) atoms. The first-order chi connectivity index (χ1) is 11.9. The zero-order chi connectivity index (χ0) is 18.4. The van der Waals surface area contributed by atoms with Crippen LogP contribution in [0.1, 0.15) is 11.1 Å². The van der Waals surface area contributed by atoms with E-state index in [2.05, 4.69) is 16.0 Å². The van der Waals surface area contributed by atoms with Gasteiger partial charge in [-0.25, -0.2) is 0 Å². The monoisotopic (exact) mass is 379 g/mol. The molecule has 0 aliphatic carbocycles. The van der Waals surface area contributed by atoms with Gasteiger partial charge in [0.05, 0.1) is 23.8 Å². The number of hydrogen-bond acceptors (Lipinski definition) is 3. The lowest BCUT2D eigenvalue weighted by Gasteiger charge is -2.11. The number of nitrogens with one attached hydrogen (secondary N) is 3. The van der Waals surface area contributed by atoms with Gasteiger partial charge in [0.2, 0.25) is 11.8 Å². The molecular weight excluding hydrogens is 361 g/mol. The van der Waals surface area contributed by atoms with Crippen molar-refractivity contribution in [1.82, 2.24) is 5.32 Å². The molecular formula is C18H19Cl2N3O2. The number of carbonyl (C=O) groups excluding carboxylic acids is 2. The summed E-state index contributed by atoms with van der Waals surface area (Å²) in [5.41, 5.74) is 3.10. The molecule has 132 valence electrons. The van der Waals surface area contributed by atoms with E-state index >= 15 is 0 Å². The Kier molecular flexibility index (Phi) is 6.67. The van der Waals surface area contributed by atoms with Gasteiger partial charge in [0, 0.05) is 10.7 Å². The maximum Gasteiger partial charge on any atom is 0.243 e. The summed E-state index contributed by atoms with van der Waals surface area (Å²) in [6.07, 6.45) is 0. The summed E-state index contributed by atoms with van der Waals surface area (Å²) in [6.45, 7) is 3.63. The predicted octanol–water partition coefficient (Wildman–Crippen LogP) is 3.78. The van der Waals surface area contributed by atoms with E-state index in [1.807, 2.05) is 26.0 Å². The highest BCUT2D eigenvalue weighted by Gasteiger charge is 2.09. The first-order valence-corrected chi connectivity index (χ1v) is 8.44. The van der Waals surface area contributed by atoms with Crippen molar-refractivity contribution in [1.29, 1.82) is 0 Å². The van der Waals surface area contributed by atoms with Crippen molar-refractivity contribution in [3.8, 4) is 0 Å². The number of aryl methyl sites for hydroxylation is 1. The fraction of sp³-hybridized carbons (Fsp3) is 0.222. The average Bonchev–Trinajstić information content (AvgIpc) is 2.56. The van der Waals surface area contributed by atoms with Crippen molar-refractivity contribution in [3.05, 3.63) is 57.6 Å². The lowest BCUT2D eigenvalue weighted by Crippen LogP contribution is -2.36. The van der Waals surface area contributed by atoms with Gasteiger partial charge in [0.25, 0.3) is 0 Å². The first-order valence-electron chi connectivity index (χ1n) is 7.68. The Morgan fingerprint density at radius 1 is 0.920 bits per heavy atom. The standard InChI is InChI=1S/C18H19Cl2N3O2/c1-11-6-7-16(14(20)8-11)21-9-17(24)22-10-18(25)23-15-5-3-4-13(19)12(15)2/h3-8,21H,9-10H2,1-2H3,(H,22,24)(H,23,25). The van der Waals surface area contributed by atoms with Crippen LogP contribution in [0, 0.1) is 13.8 Å². The van der Waals surface area contributed by atoms with Crippen LogP contribution in [-0.4, -0.2) is 24.9 Å². The highest BCUT2D eigenvalue weighted by Crippen LogP contribution is 2.23. The Labute approximate surface area is 156 Å². The fourth-order valence-corrected chi connectivity index (χ4v) is 2.59. The molecule has 0 aliphatic rings. The van der Waals surface area contributed by atoms with E-state index in [0.717, 1.165) is 11.1 Å². The van der Waals surface area contributed by atoms with Crippen LogP contribution < -0.4 is 16.0 Å². The summed E-state index contributed by atoms with van der Waals surface area (Å²) in [7, 11) is 0. The molecule has 2 aromatic rings. The van der Waals surface area contributed by atoms with Gasteiger partial charge in [-0.3, -0.25) is 9.59 Å². The van der Waals surface area contributed by atoms with Gasteiger partial charge in [-0.2, -0.15) is 0 Å². The Balaban J connectivity index is 1.79. The van der Waals surface area contributed by atoms with Crippen LogP contribution in [0.25, 0.3) is 0 Å². The van der Waals surface area contributed by atoms with Gasteiger partial charge in [-0.05, 0) is 49.2 Å². The molecule has 2 amide bonds. The van der Waals surface area contributed by atoms with E-state index in [4.69, 9.17) is 23.2 Å². The van der Waals surface area contributed by atoms with E-state index in [1.54, 1.807) is 24.3 Å². The number of hydrogen-bond donors (Lipinski definition) is 3. The maximum absolute atomic E-state index is 11.9. The Hall–Kier alpha value is -2.24. The normalized spacial score (nSPS) is 10.2. The number of halogens is 2. The predicted molar refractivity (Wildman–Crippen MR) is 103 cm³/mol. The molecule has 2 aromatic carbocycles. The summed E-state index contributed by atoms with van der Waals surface area (Å²) in [5, 5.41) is 9.31. The second-order valence-corrected chi connectivity index (χ2v) is 6.39. The van der Waals surface area contributed by atoms with E-state index in [9.17, 15) is 9.59 Å². The van der Waals surface area contributed by atoms with Gasteiger partial charge in [-0.15, -0.1) is 0 Å². The Morgan fingerprint density at radius 2 is 1.68 bits per heavy atom. The largest absolute Gasteiger partial charge is 0.375 e. The van der Waals surface area contributed by atoms with Gasteiger partial charge < -0.3 is 16.0 Å². The van der Waals surface area contributed by atoms with E-state index in [1.165, 1.54) is 0 Å². The van der Waals surface area contributed by atoms with Crippen LogP contribution >= 0.6 is 23.2 Å². The lowest BCUT2D eigenvalue weighted by atomic mass is 10.2. The van der Waals surface area contributed by atoms with Gasteiger partial charge >= 0.3 is 0 Å². The molecule has 0 unspecified atom stereocenters. The molecule has 0 fully saturated rings. The summed E-state index contributed by atoms with van der Waals surface area (Å²) in [4.78, 5) is 23.8. The molecule has 0 heterocycles. The molecule has 0 saturated carbocycles. The summed E-state index contributed by atoms with van der Waals surface area (Å²) in [6, 6.07) is 10.8. The second-order valence-electron chi connectivity index (χ2n) is 5.57. The summed E-state index contributed by atoms with van der Waals surface area (Å²) < 4.78 is 0. The third-order valence-corrected chi connectivity index (χ3v) is 4.27. The number of amides is 2. The van der Waals surface area contributed by atoms with Crippen molar-refractivity contribution in [3.63, 3.8) is 0 Å². The Morgan fingerprint density at radius 3 is 2.40 bits per heavy atom. The number of benzene rings is 2. The minimum absolute atomic E-state index is 0.0201. The van der Waals surface area contributed by atoms with Crippen LogP contribution in [0.3, 0.4) is 0 Å². The lowest BCUT2D eigenvalue weighted by molar-refractivity contribution is -0.122. The SMILES string of the molecule is Cc1ccc(NCC(=O)NCC(=O)Nc2cccc(Cl)c2C)c(Cl)c1. The molecule has 0 spiro atoms. The van der Waals surface area contributed by atoms with Crippen molar-refractivity contribution >= 4 is 46.4 Å². The molecule has 5 nitrogen and oxygen atoms in total. The molecule has 0 aliphatic heterocycles. The topological polar surface area (TPSA) is 70.2 Å². The number of rotatable bonds is 6. The third-order valence-electron chi connectivity index (χ3n) is 3.55. The summed E-state index contributed by atoms with van der Waals surface area (Å²) in [5.74, 6) is -0.637. The van der Waals surface area contributed by atoms with Crippen LogP contribution in [0.2, 0.25) is 10.0 Å². The first kappa shape index (κ1) is 19.1. The average molecular weight is 380 g/mol. The zero-order valence-electron chi connectivity index (χ0n) is 14.0. The smallest absolute Gasteiger partial charge is 0.243 e. The number of carbonyl (C=O) groups is 2. The van der Waals surface area contributed by atoms with Gasteiger partial charge in [0.15, 0.2) is 0 Å². The van der Waals surface area contributed by atoms with Crippen molar-refractivity contribution < 1.29 is 9.59 Å². The second kappa shape index (κ2) is 8.74. The molecule has 7 heteroatoms. The van der Waals surface area contributed by atoms with Crippen molar-refractivity contribution in [2.24, 2.45) is 0 Å². The van der Waals surface area contributed by atoms with Crippen LogP contribution in [0.4, 0.5) is 11.4 Å². The highest BCUT2D eigenvalue weighted by molar-refractivity contribution is 6.33. The van der Waals surface area contributed by atoms with E-state index < -0.39 is 0 Å². The van der Waals surface area contributed by atoms with Crippen molar-refractivity contribution in [2.45, 2.75) is 13.8 Å². The quantitative estimate of drug-likeness (QED) is 0.715. The van der Waals surface area contributed by atoms with E-state index in [0.29, 0.717) is 21.4 Å². The maximum atomic E-state index is 11.9. The van der Waals surface area contributed by atoms with E-state index in [-0.39, 0.29) is 24.9 Å². The molecule has 2 rings (SSSR count). The highest BCUT2D eigenvalue weighted by atomic mass is 35.5. The van der Waals surface area contributed by atoms with Crippen LogP contribution in [-0.2, 0) is 9.59 Å². The molecule has 0 aromatic heterocycles.